The van der Waals surface area contributed by atoms with E-state index in [0.717, 1.165) is 40.2 Å². The van der Waals surface area contributed by atoms with Crippen LogP contribution in [0.3, 0.4) is 0 Å². The van der Waals surface area contributed by atoms with Crippen molar-refractivity contribution in [3.8, 4) is 0 Å². The topological polar surface area (TPSA) is 54.9 Å². The number of unbranched alkanes of at least 4 members (excludes halogenated alkanes) is 1. The average Bonchev–Trinajstić information content (AvgIpc) is 2.99. The second-order valence-corrected chi connectivity index (χ2v) is 10.3. The molecule has 4 fully saturated rings. The van der Waals surface area contributed by atoms with Crippen molar-refractivity contribution in [3.63, 3.8) is 0 Å². The van der Waals surface area contributed by atoms with Gasteiger partial charge in [0.2, 0.25) is 5.13 Å². The molecule has 0 aliphatic heterocycles. The molecule has 4 aliphatic rings. The standard InChI is InChI=1S/C18H27N3OS2/c1-2-3-4-19-16-20-21-17(24-16)23-11-15(22)18-8-12-5-13(9-18)7-14(6-12)10-18/h12-14H,2-11H2,1H3,(H,19,20). The van der Waals surface area contributed by atoms with Crippen LogP contribution in [0.25, 0.3) is 0 Å². The molecular weight excluding hydrogens is 338 g/mol. The van der Waals surface area contributed by atoms with E-state index in [2.05, 4.69) is 22.4 Å². The van der Waals surface area contributed by atoms with Crippen LogP contribution in [-0.2, 0) is 4.79 Å². The number of anilines is 1. The van der Waals surface area contributed by atoms with Crippen molar-refractivity contribution >= 4 is 34.0 Å². The van der Waals surface area contributed by atoms with Gasteiger partial charge in [-0.3, -0.25) is 4.79 Å². The summed E-state index contributed by atoms with van der Waals surface area (Å²) in [5, 5.41) is 12.6. The van der Waals surface area contributed by atoms with Crippen LogP contribution in [0.4, 0.5) is 5.13 Å². The number of nitrogens with zero attached hydrogens (tertiary/aromatic N) is 2. The van der Waals surface area contributed by atoms with E-state index in [9.17, 15) is 4.79 Å². The van der Waals surface area contributed by atoms with Gasteiger partial charge < -0.3 is 5.32 Å². The van der Waals surface area contributed by atoms with Crippen LogP contribution in [0, 0.1) is 23.2 Å². The number of rotatable bonds is 8. The van der Waals surface area contributed by atoms with E-state index in [1.165, 1.54) is 44.9 Å². The van der Waals surface area contributed by atoms with Gasteiger partial charge in [0.1, 0.15) is 5.78 Å². The largest absolute Gasteiger partial charge is 0.360 e. The van der Waals surface area contributed by atoms with E-state index in [4.69, 9.17) is 0 Å². The first-order chi connectivity index (χ1) is 11.7. The maximum atomic E-state index is 13.0. The van der Waals surface area contributed by atoms with Crippen molar-refractivity contribution < 1.29 is 4.79 Å². The Balaban J connectivity index is 1.32. The number of ketones is 1. The molecule has 0 radical (unpaired) electrons. The molecule has 0 atom stereocenters. The molecule has 6 heteroatoms. The molecule has 0 saturated heterocycles. The molecule has 1 heterocycles. The molecule has 0 aromatic carbocycles. The Morgan fingerprint density at radius 3 is 2.50 bits per heavy atom. The van der Waals surface area contributed by atoms with Crippen molar-refractivity contribution in [1.29, 1.82) is 0 Å². The third-order valence-electron chi connectivity index (χ3n) is 6.17. The monoisotopic (exact) mass is 365 g/mol. The zero-order valence-corrected chi connectivity index (χ0v) is 16.1. The van der Waals surface area contributed by atoms with Crippen LogP contribution >= 0.6 is 23.1 Å². The average molecular weight is 366 g/mol. The van der Waals surface area contributed by atoms with Crippen molar-refractivity contribution in [2.24, 2.45) is 23.2 Å². The Morgan fingerprint density at radius 2 is 1.88 bits per heavy atom. The van der Waals surface area contributed by atoms with Crippen LogP contribution in [0.15, 0.2) is 4.34 Å². The van der Waals surface area contributed by atoms with Crippen LogP contribution < -0.4 is 5.32 Å². The van der Waals surface area contributed by atoms with Crippen molar-refractivity contribution in [3.05, 3.63) is 0 Å². The molecule has 1 aromatic heterocycles. The minimum Gasteiger partial charge on any atom is -0.360 e. The highest BCUT2D eigenvalue weighted by Crippen LogP contribution is 2.60. The smallest absolute Gasteiger partial charge is 0.206 e. The summed E-state index contributed by atoms with van der Waals surface area (Å²) < 4.78 is 0.923. The van der Waals surface area contributed by atoms with Gasteiger partial charge in [0.15, 0.2) is 4.34 Å². The Labute approximate surface area is 152 Å². The van der Waals surface area contributed by atoms with Crippen molar-refractivity contribution in [1.82, 2.24) is 10.2 Å². The van der Waals surface area contributed by atoms with Crippen LogP contribution in [0.2, 0.25) is 0 Å². The molecule has 24 heavy (non-hydrogen) atoms. The summed E-state index contributed by atoms with van der Waals surface area (Å²) in [6.45, 7) is 3.13. The second-order valence-electron chi connectivity index (χ2n) is 8.06. The third kappa shape index (κ3) is 3.36. The molecule has 4 aliphatic carbocycles. The zero-order chi connectivity index (χ0) is 16.6. The van der Waals surface area contributed by atoms with Gasteiger partial charge in [0, 0.05) is 12.0 Å². The summed E-state index contributed by atoms with van der Waals surface area (Å²) in [5.41, 5.74) is 0.0225. The SMILES string of the molecule is CCCCNc1nnc(SCC(=O)C23CC4CC(CC(C4)C2)C3)s1. The minimum atomic E-state index is 0.0225. The molecule has 0 spiro atoms. The Hall–Kier alpha value is -0.620. The maximum absolute atomic E-state index is 13.0. The Kier molecular flexibility index (Phi) is 4.87. The lowest BCUT2D eigenvalue weighted by atomic mass is 9.48. The summed E-state index contributed by atoms with van der Waals surface area (Å²) in [6.07, 6.45) is 9.99. The fourth-order valence-corrected chi connectivity index (χ4v) is 7.26. The number of hydrogen-bond donors (Lipinski definition) is 1. The highest BCUT2D eigenvalue weighted by atomic mass is 32.2. The summed E-state index contributed by atoms with van der Waals surface area (Å²) >= 11 is 3.17. The molecular formula is C18H27N3OS2. The molecule has 4 bridgehead atoms. The van der Waals surface area contributed by atoms with E-state index < -0.39 is 0 Å². The molecule has 0 amide bonds. The van der Waals surface area contributed by atoms with Crippen molar-refractivity contribution in [2.75, 3.05) is 17.6 Å². The summed E-state index contributed by atoms with van der Waals surface area (Å²) in [4.78, 5) is 13.0. The minimum absolute atomic E-state index is 0.0225. The number of Topliss-reactive ketones (excluding diaryl/α,β-unsaturated/α-hetero) is 1. The van der Waals surface area contributed by atoms with Crippen LogP contribution in [-0.4, -0.2) is 28.3 Å². The second kappa shape index (κ2) is 6.94. The molecule has 1 aromatic rings. The number of aromatic nitrogens is 2. The third-order valence-corrected chi connectivity index (χ3v) is 8.18. The molecule has 4 nitrogen and oxygen atoms in total. The number of hydrogen-bond acceptors (Lipinski definition) is 6. The highest BCUT2D eigenvalue weighted by molar-refractivity contribution is 8.01. The van der Waals surface area contributed by atoms with E-state index in [1.807, 2.05) is 0 Å². The lowest BCUT2D eigenvalue weighted by Gasteiger charge is -2.56. The van der Waals surface area contributed by atoms with E-state index in [0.29, 0.717) is 11.5 Å². The van der Waals surface area contributed by atoms with Crippen molar-refractivity contribution in [2.45, 2.75) is 62.6 Å². The fourth-order valence-electron chi connectivity index (χ4n) is 5.44. The summed E-state index contributed by atoms with van der Waals surface area (Å²) in [7, 11) is 0. The summed E-state index contributed by atoms with van der Waals surface area (Å²) in [6, 6.07) is 0. The maximum Gasteiger partial charge on any atom is 0.206 e. The Morgan fingerprint density at radius 1 is 1.21 bits per heavy atom. The van der Waals surface area contributed by atoms with Gasteiger partial charge >= 0.3 is 0 Å². The number of carbonyl (C=O) groups excluding carboxylic acids is 1. The zero-order valence-electron chi connectivity index (χ0n) is 14.4. The molecule has 132 valence electrons. The van der Waals surface area contributed by atoms with Gasteiger partial charge in [-0.25, -0.2) is 0 Å². The quantitative estimate of drug-likeness (QED) is 0.538. The van der Waals surface area contributed by atoms with Gasteiger partial charge in [-0.15, -0.1) is 10.2 Å². The normalized spacial score (nSPS) is 33.8. The van der Waals surface area contributed by atoms with E-state index in [-0.39, 0.29) is 5.41 Å². The number of thioether (sulfide) groups is 1. The molecule has 5 rings (SSSR count). The molecule has 0 unspecified atom stereocenters. The van der Waals surface area contributed by atoms with Gasteiger partial charge in [-0.2, -0.15) is 0 Å². The first kappa shape index (κ1) is 16.8. The van der Waals surface area contributed by atoms with Gasteiger partial charge in [0.05, 0.1) is 5.75 Å². The first-order valence-electron chi connectivity index (χ1n) is 9.40. The fraction of sp³-hybridized carbons (Fsp3) is 0.833. The summed E-state index contributed by atoms with van der Waals surface area (Å²) in [5.74, 6) is 3.57. The number of carbonyl (C=O) groups is 1. The predicted octanol–water partition coefficient (Wildman–Crippen LogP) is 4.63. The van der Waals surface area contributed by atoms with E-state index >= 15 is 0 Å². The van der Waals surface area contributed by atoms with Gasteiger partial charge in [-0.05, 0) is 62.7 Å². The lowest BCUT2D eigenvalue weighted by molar-refractivity contribution is -0.141. The van der Waals surface area contributed by atoms with Gasteiger partial charge in [0.25, 0.3) is 0 Å². The Bertz CT molecular complexity index is 566. The van der Waals surface area contributed by atoms with Crippen LogP contribution in [0.1, 0.15) is 58.3 Å². The van der Waals surface area contributed by atoms with E-state index in [1.54, 1.807) is 23.1 Å². The molecule has 1 N–H and O–H groups in total. The number of nitrogens with one attached hydrogen (secondary N) is 1. The highest BCUT2D eigenvalue weighted by Gasteiger charge is 2.54. The predicted molar refractivity (Wildman–Crippen MR) is 99.6 cm³/mol. The molecule has 4 saturated carbocycles. The lowest BCUT2D eigenvalue weighted by Crippen LogP contribution is -2.50. The first-order valence-corrected chi connectivity index (χ1v) is 11.2. The van der Waals surface area contributed by atoms with Crippen LogP contribution in [0.5, 0.6) is 0 Å². The van der Waals surface area contributed by atoms with Gasteiger partial charge in [-0.1, -0.05) is 36.4 Å².